The van der Waals surface area contributed by atoms with Crippen LogP contribution in [0.25, 0.3) is 0 Å². The number of aromatic hydroxyl groups is 1. The van der Waals surface area contributed by atoms with Crippen LogP contribution in [0.5, 0.6) is 17.2 Å². The Morgan fingerprint density at radius 2 is 2.03 bits per heavy atom. The molecule has 15 heteroatoms. The van der Waals surface area contributed by atoms with Crippen molar-refractivity contribution in [1.29, 1.82) is 0 Å². The van der Waals surface area contributed by atoms with Crippen molar-refractivity contribution in [2.24, 2.45) is 0 Å². The van der Waals surface area contributed by atoms with E-state index in [1.807, 2.05) is 0 Å². The Morgan fingerprint density at radius 3 is 2.67 bits per heavy atom. The number of imide groups is 1. The van der Waals surface area contributed by atoms with Crippen LogP contribution >= 0.6 is 11.3 Å². The molecule has 2 aromatic heterocycles. The van der Waals surface area contributed by atoms with Crippen molar-refractivity contribution in [3.8, 4) is 17.2 Å². The van der Waals surface area contributed by atoms with Crippen LogP contribution in [0.15, 0.2) is 51.1 Å². The van der Waals surface area contributed by atoms with Crippen LogP contribution in [0.3, 0.4) is 0 Å². The third kappa shape index (κ3) is 4.03. The van der Waals surface area contributed by atoms with Crippen molar-refractivity contribution >= 4 is 50.3 Å². The number of fused-ring (bicyclic) bond motifs is 1. The molecule has 2 N–H and O–H groups in total. The van der Waals surface area contributed by atoms with Gasteiger partial charge in [0.15, 0.2) is 22.2 Å². The predicted molar refractivity (Wildman–Crippen MR) is 129 cm³/mol. The fourth-order valence-corrected chi connectivity index (χ4v) is 8.07. The van der Waals surface area contributed by atoms with Crippen LogP contribution in [-0.2, 0) is 32.6 Å². The number of hydrogen-bond acceptors (Lipinski definition) is 9. The van der Waals surface area contributed by atoms with E-state index < -0.39 is 33.3 Å². The van der Waals surface area contributed by atoms with E-state index in [9.17, 15) is 27.7 Å². The van der Waals surface area contributed by atoms with Gasteiger partial charge in [-0.15, -0.1) is 0 Å². The molecule has 0 aliphatic carbocycles. The summed E-state index contributed by atoms with van der Waals surface area (Å²) in [5.74, 6) is -0.923. The summed E-state index contributed by atoms with van der Waals surface area (Å²) in [6.07, 6.45) is 1.41. The third-order valence-electron chi connectivity index (χ3n) is 5.59. The number of nitrogens with one attached hydrogen (secondary N) is 1. The zero-order chi connectivity index (χ0) is 25.6. The quantitative estimate of drug-likeness (QED) is 0.317. The van der Waals surface area contributed by atoms with E-state index in [1.54, 1.807) is 11.4 Å². The fraction of sp³-hybridized carbons (Fsp3) is 0.238. The SMILES string of the molecule is CN1CC(=O)N(CCc2cc(N([S+]([O-])c3cccs3)S(=O)(=O)c3ccc[nH]3)c3c(c2O)OCO3)C1=O. The van der Waals surface area contributed by atoms with Crippen molar-refractivity contribution in [2.45, 2.75) is 15.7 Å². The average molecular weight is 553 g/mol. The second-order valence-electron chi connectivity index (χ2n) is 7.85. The Hall–Kier alpha value is -3.40. The number of phenols is 1. The van der Waals surface area contributed by atoms with E-state index in [1.165, 1.54) is 42.4 Å². The largest absolute Gasteiger partial charge is 0.586 e. The summed E-state index contributed by atoms with van der Waals surface area (Å²) in [4.78, 5) is 29.4. The Balaban J connectivity index is 1.60. The number of nitrogens with zero attached hydrogens (tertiary/aromatic N) is 3. The van der Waals surface area contributed by atoms with Gasteiger partial charge in [0.05, 0.1) is 0 Å². The van der Waals surface area contributed by atoms with Crippen molar-refractivity contribution in [1.82, 2.24) is 14.8 Å². The highest BCUT2D eigenvalue weighted by Gasteiger charge is 2.43. The number of H-pyrrole nitrogens is 1. The van der Waals surface area contributed by atoms with Gasteiger partial charge in [-0.05, 0) is 36.1 Å². The molecular formula is C21H20N4O8S3. The molecule has 1 saturated heterocycles. The van der Waals surface area contributed by atoms with Gasteiger partial charge < -0.3 is 29.0 Å². The van der Waals surface area contributed by atoms with E-state index in [0.717, 1.165) is 16.2 Å². The molecule has 2 aliphatic heterocycles. The number of rotatable bonds is 8. The van der Waals surface area contributed by atoms with E-state index in [-0.39, 0.29) is 64.0 Å². The van der Waals surface area contributed by atoms with Gasteiger partial charge in [-0.3, -0.25) is 9.69 Å². The zero-order valence-electron chi connectivity index (χ0n) is 18.7. The minimum Gasteiger partial charge on any atom is -0.586 e. The molecule has 0 bridgehead atoms. The summed E-state index contributed by atoms with van der Waals surface area (Å²) in [6.45, 7) is -0.416. The molecule has 12 nitrogen and oxygen atoms in total. The Morgan fingerprint density at radius 1 is 1.25 bits per heavy atom. The van der Waals surface area contributed by atoms with Gasteiger partial charge in [-0.1, -0.05) is 15.0 Å². The minimum atomic E-state index is -4.40. The first-order chi connectivity index (χ1) is 17.2. The molecule has 2 aliphatic rings. The van der Waals surface area contributed by atoms with Crippen molar-refractivity contribution in [2.75, 3.05) is 30.6 Å². The molecule has 190 valence electrons. The monoisotopic (exact) mass is 552 g/mol. The highest BCUT2D eigenvalue weighted by molar-refractivity contribution is 8.11. The lowest BCUT2D eigenvalue weighted by Gasteiger charge is -2.25. The molecule has 4 heterocycles. The fourth-order valence-electron chi connectivity index (χ4n) is 3.85. The molecule has 3 aromatic rings. The average Bonchev–Trinajstić information content (AvgIpc) is 3.65. The first kappa shape index (κ1) is 24.3. The molecule has 0 spiro atoms. The maximum atomic E-state index is 13.7. The third-order valence-corrected chi connectivity index (χ3v) is 10.4. The maximum Gasteiger partial charge on any atom is 0.326 e. The molecular weight excluding hydrogens is 532 g/mol. The number of anilines is 1. The molecule has 3 amide bonds. The minimum absolute atomic E-state index is 0.0111. The normalized spacial score (nSPS) is 16.2. The summed E-state index contributed by atoms with van der Waals surface area (Å²) in [7, 11) is -2.90. The number of urea groups is 1. The number of phenolic OH excluding ortho intramolecular Hbond substituents is 1. The molecule has 0 saturated carbocycles. The predicted octanol–water partition coefficient (Wildman–Crippen LogP) is 1.87. The molecule has 1 atom stereocenters. The lowest BCUT2D eigenvalue weighted by Crippen LogP contribution is -2.37. The molecule has 36 heavy (non-hydrogen) atoms. The van der Waals surface area contributed by atoms with Crippen LogP contribution < -0.4 is 13.2 Å². The van der Waals surface area contributed by atoms with Crippen molar-refractivity contribution in [3.63, 3.8) is 0 Å². The number of ether oxygens (including phenoxy) is 2. The number of carbonyl (C=O) groups is 2. The smallest absolute Gasteiger partial charge is 0.326 e. The van der Waals surface area contributed by atoms with Gasteiger partial charge in [-0.25, -0.2) is 4.79 Å². The summed E-state index contributed by atoms with van der Waals surface area (Å²) >= 11 is -1.11. The van der Waals surface area contributed by atoms with Gasteiger partial charge in [0.25, 0.3) is 0 Å². The zero-order valence-corrected chi connectivity index (χ0v) is 21.2. The van der Waals surface area contributed by atoms with Crippen LogP contribution in [0.4, 0.5) is 10.5 Å². The summed E-state index contributed by atoms with van der Waals surface area (Å²) in [6, 6.07) is 6.85. The standard InChI is InChI=1S/C21H20N4O8S3/c1-23-11-16(26)24(21(23)28)8-6-13-10-14(19-20(18(13)27)33-12-32-19)25(35(29)17-5-3-9-34-17)36(30,31)15-4-2-7-22-15/h2-5,7,9-10,22,27H,6,8,11-12H2,1H3. The van der Waals surface area contributed by atoms with E-state index in [0.29, 0.717) is 3.71 Å². The molecule has 1 fully saturated rings. The molecule has 0 radical (unpaired) electrons. The second kappa shape index (κ2) is 9.24. The van der Waals surface area contributed by atoms with Crippen LogP contribution in [0.1, 0.15) is 5.56 Å². The van der Waals surface area contributed by atoms with Crippen LogP contribution in [0.2, 0.25) is 0 Å². The van der Waals surface area contributed by atoms with Gasteiger partial charge in [0, 0.05) is 31.4 Å². The second-order valence-corrected chi connectivity index (χ2v) is 12.3. The first-order valence-corrected chi connectivity index (χ1v) is 14.0. The topological polar surface area (TPSA) is 156 Å². The van der Waals surface area contributed by atoms with Gasteiger partial charge in [0.2, 0.25) is 22.7 Å². The highest BCUT2D eigenvalue weighted by Crippen LogP contribution is 2.51. The molecule has 1 unspecified atom stereocenters. The van der Waals surface area contributed by atoms with Gasteiger partial charge in [0.1, 0.15) is 17.9 Å². The van der Waals surface area contributed by atoms with Crippen molar-refractivity contribution in [3.05, 3.63) is 47.5 Å². The number of thiophene rings is 1. The number of sulfonamides is 1. The Kier molecular flexibility index (Phi) is 6.23. The van der Waals surface area contributed by atoms with E-state index in [2.05, 4.69) is 4.98 Å². The lowest BCUT2D eigenvalue weighted by atomic mass is 10.1. The number of aromatic amines is 1. The Labute approximate surface area is 213 Å². The highest BCUT2D eigenvalue weighted by atomic mass is 32.3. The number of amides is 3. The van der Waals surface area contributed by atoms with Crippen LogP contribution in [-0.4, -0.2) is 71.7 Å². The van der Waals surface area contributed by atoms with Crippen molar-refractivity contribution < 1.29 is 37.1 Å². The molecule has 1 aromatic carbocycles. The number of likely N-dealkylation sites (N-methyl/N-ethyl adjacent to an activating group) is 1. The molecule has 5 rings (SSSR count). The Bertz CT molecular complexity index is 1410. The number of benzene rings is 1. The summed E-state index contributed by atoms with van der Waals surface area (Å²) < 4.78 is 52.8. The summed E-state index contributed by atoms with van der Waals surface area (Å²) in [5.41, 5.74) is 0.0621. The summed E-state index contributed by atoms with van der Waals surface area (Å²) in [5, 5.41) is 12.3. The number of hydrogen-bond donors (Lipinski definition) is 2. The van der Waals surface area contributed by atoms with Crippen LogP contribution in [0, 0.1) is 0 Å². The first-order valence-electron chi connectivity index (χ1n) is 10.5. The maximum absolute atomic E-state index is 13.7. The van der Waals surface area contributed by atoms with E-state index >= 15 is 0 Å². The van der Waals surface area contributed by atoms with Gasteiger partial charge >= 0.3 is 16.1 Å². The van der Waals surface area contributed by atoms with Gasteiger partial charge in [-0.2, -0.15) is 8.42 Å². The number of aromatic nitrogens is 1. The van der Waals surface area contributed by atoms with E-state index in [4.69, 9.17) is 9.47 Å². The lowest BCUT2D eigenvalue weighted by molar-refractivity contribution is -0.125. The number of carbonyl (C=O) groups excluding carboxylic acids is 2.